The fourth-order valence-electron chi connectivity index (χ4n) is 6.70. The number of esters is 1. The maximum absolute atomic E-state index is 14.3. The Kier molecular flexibility index (Phi) is 9.51. The maximum atomic E-state index is 14.3. The second-order valence-electron chi connectivity index (χ2n) is 13.7. The van der Waals surface area contributed by atoms with Crippen LogP contribution in [0, 0.1) is 17.3 Å². The van der Waals surface area contributed by atoms with E-state index in [2.05, 4.69) is 4.98 Å². The molecule has 1 aliphatic carbocycles. The number of amides is 1. The molecule has 3 heterocycles. The third-order valence-electron chi connectivity index (χ3n) is 9.15. The molecular formula is C35H44N2O8. The van der Waals surface area contributed by atoms with Crippen LogP contribution in [0.5, 0.6) is 11.6 Å². The average molecular weight is 621 g/mol. The van der Waals surface area contributed by atoms with Gasteiger partial charge >= 0.3 is 11.9 Å². The lowest BCUT2D eigenvalue weighted by atomic mass is 9.91. The highest BCUT2D eigenvalue weighted by Crippen LogP contribution is 2.57. The van der Waals surface area contributed by atoms with E-state index in [0.29, 0.717) is 24.5 Å². The quantitative estimate of drug-likeness (QED) is 0.328. The SMILES string of the molecule is COc1ccc2c(O[C@@H]3C[C@H]4C(=O)C[C@]5(C(=O)O)C[C@H]5/C=C\CCCCC[C@H](CC(=O)OC(C)(C)C)C(=O)N4C3)nccc2c1. The molecule has 10 heteroatoms. The van der Waals surface area contributed by atoms with Crippen LogP contribution in [0.15, 0.2) is 42.6 Å². The predicted octanol–water partition coefficient (Wildman–Crippen LogP) is 5.51. The Balaban J connectivity index is 1.44. The van der Waals surface area contributed by atoms with Gasteiger partial charge in [0.05, 0.1) is 31.5 Å². The molecular weight excluding hydrogens is 576 g/mol. The molecule has 5 atom stereocenters. The molecule has 1 saturated carbocycles. The number of hydrogen-bond acceptors (Lipinski definition) is 8. The maximum Gasteiger partial charge on any atom is 0.310 e. The number of allylic oxidation sites excluding steroid dienone is 2. The molecule has 1 saturated heterocycles. The van der Waals surface area contributed by atoms with Crippen molar-refractivity contribution < 1.29 is 38.5 Å². The van der Waals surface area contributed by atoms with Crippen LogP contribution in [0.4, 0.5) is 0 Å². The number of fused-ring (bicyclic) bond motifs is 3. The molecule has 0 bridgehead atoms. The van der Waals surface area contributed by atoms with Gasteiger partial charge in [0.2, 0.25) is 11.8 Å². The summed E-state index contributed by atoms with van der Waals surface area (Å²) in [5.74, 6) is -1.85. The van der Waals surface area contributed by atoms with E-state index in [0.717, 1.165) is 36.5 Å². The van der Waals surface area contributed by atoms with E-state index < -0.39 is 41.0 Å². The van der Waals surface area contributed by atoms with E-state index >= 15 is 0 Å². The van der Waals surface area contributed by atoms with Gasteiger partial charge in [0.25, 0.3) is 0 Å². The predicted molar refractivity (Wildman–Crippen MR) is 167 cm³/mol. The van der Waals surface area contributed by atoms with Gasteiger partial charge in [-0.05, 0) is 82.0 Å². The summed E-state index contributed by atoms with van der Waals surface area (Å²) >= 11 is 0. The molecule has 5 rings (SSSR count). The molecule has 1 amide bonds. The lowest BCUT2D eigenvalue weighted by molar-refractivity contribution is -0.159. The van der Waals surface area contributed by atoms with Crippen molar-refractivity contribution >= 4 is 34.4 Å². The zero-order valence-electron chi connectivity index (χ0n) is 26.6. The smallest absolute Gasteiger partial charge is 0.310 e. The minimum absolute atomic E-state index is 0.0905. The minimum Gasteiger partial charge on any atom is -0.497 e. The van der Waals surface area contributed by atoms with Crippen LogP contribution in [0.3, 0.4) is 0 Å². The number of carbonyl (C=O) groups is 4. The van der Waals surface area contributed by atoms with Gasteiger partial charge in [-0.1, -0.05) is 25.0 Å². The molecule has 2 aliphatic heterocycles. The topological polar surface area (TPSA) is 132 Å². The number of carbonyl (C=O) groups excluding carboxylic acids is 3. The van der Waals surface area contributed by atoms with E-state index in [4.69, 9.17) is 14.2 Å². The van der Waals surface area contributed by atoms with Crippen LogP contribution in [-0.2, 0) is 23.9 Å². The summed E-state index contributed by atoms with van der Waals surface area (Å²) in [6, 6.07) is 6.53. The number of benzene rings is 1. The van der Waals surface area contributed by atoms with Gasteiger partial charge in [-0.3, -0.25) is 19.2 Å². The standard InChI is InChI=1S/C35H44N2O8/c1-34(2,3)45-30(39)17-23-10-8-6-5-7-9-11-24-19-35(24,33(41)42)20-29(38)28-18-26(21-37(28)32(23)40)44-31-27-13-12-25(43-4)16-22(27)14-15-36-31/h9,11-16,23-24,26,28H,5-8,10,17-21H2,1-4H3,(H,41,42)/b11-9-/t23-,24-,26-,28+,35-/m1/s1. The van der Waals surface area contributed by atoms with Crippen molar-refractivity contribution in [1.82, 2.24) is 9.88 Å². The highest BCUT2D eigenvalue weighted by atomic mass is 16.6. The second-order valence-corrected chi connectivity index (χ2v) is 13.7. The van der Waals surface area contributed by atoms with E-state index in [1.54, 1.807) is 34.1 Å². The molecule has 0 radical (unpaired) electrons. The summed E-state index contributed by atoms with van der Waals surface area (Å²) in [6.07, 6.45) is 9.16. The first-order chi connectivity index (χ1) is 21.4. The third-order valence-corrected chi connectivity index (χ3v) is 9.15. The van der Waals surface area contributed by atoms with Gasteiger partial charge < -0.3 is 24.2 Å². The Labute approximate surface area is 264 Å². The first-order valence-electron chi connectivity index (χ1n) is 15.9. The zero-order valence-corrected chi connectivity index (χ0v) is 26.6. The molecule has 1 N–H and O–H groups in total. The van der Waals surface area contributed by atoms with Crippen molar-refractivity contribution in [1.29, 1.82) is 0 Å². The van der Waals surface area contributed by atoms with Gasteiger partial charge in [0, 0.05) is 30.3 Å². The highest BCUT2D eigenvalue weighted by Gasteiger charge is 2.61. The number of Topliss-reactive ketones (excluding diaryl/α,β-unsaturated/α-hetero) is 1. The van der Waals surface area contributed by atoms with Gasteiger partial charge in [0.1, 0.15) is 17.5 Å². The Morgan fingerprint density at radius 2 is 1.93 bits per heavy atom. The van der Waals surface area contributed by atoms with Crippen LogP contribution < -0.4 is 9.47 Å². The van der Waals surface area contributed by atoms with Gasteiger partial charge in [0.15, 0.2) is 5.78 Å². The second kappa shape index (κ2) is 13.2. The zero-order chi connectivity index (χ0) is 32.4. The first kappa shape index (κ1) is 32.4. The number of ketones is 1. The number of ether oxygens (including phenoxy) is 3. The van der Waals surface area contributed by atoms with Crippen LogP contribution in [0.1, 0.15) is 78.6 Å². The monoisotopic (exact) mass is 620 g/mol. The van der Waals surface area contributed by atoms with Crippen molar-refractivity contribution in [3.63, 3.8) is 0 Å². The fraction of sp³-hybridized carbons (Fsp3) is 0.571. The number of hydrogen-bond donors (Lipinski definition) is 1. The average Bonchev–Trinajstić information content (AvgIpc) is 3.51. The van der Waals surface area contributed by atoms with E-state index in [-0.39, 0.29) is 43.4 Å². The summed E-state index contributed by atoms with van der Waals surface area (Å²) in [7, 11) is 1.60. The summed E-state index contributed by atoms with van der Waals surface area (Å²) in [5, 5.41) is 11.8. The number of nitrogens with zero attached hydrogens (tertiary/aromatic N) is 2. The molecule has 1 aromatic carbocycles. The molecule has 0 unspecified atom stereocenters. The summed E-state index contributed by atoms with van der Waals surface area (Å²) in [6.45, 7) is 5.48. The number of aromatic nitrogens is 1. The van der Waals surface area contributed by atoms with Crippen molar-refractivity contribution in [2.75, 3.05) is 13.7 Å². The Morgan fingerprint density at radius 1 is 1.13 bits per heavy atom. The van der Waals surface area contributed by atoms with E-state index in [9.17, 15) is 24.3 Å². The van der Waals surface area contributed by atoms with E-state index in [1.165, 1.54) is 4.90 Å². The van der Waals surface area contributed by atoms with Gasteiger partial charge in [-0.25, -0.2) is 4.98 Å². The number of carboxylic acid groups (broad SMARTS) is 1. The van der Waals surface area contributed by atoms with Crippen LogP contribution in [0.2, 0.25) is 0 Å². The summed E-state index contributed by atoms with van der Waals surface area (Å²) in [5.41, 5.74) is -1.85. The number of methoxy groups -OCH3 is 1. The molecule has 45 heavy (non-hydrogen) atoms. The van der Waals surface area contributed by atoms with Crippen molar-refractivity contribution in [3.05, 3.63) is 42.6 Å². The molecule has 0 spiro atoms. The Morgan fingerprint density at radius 3 is 2.67 bits per heavy atom. The van der Waals surface area contributed by atoms with Gasteiger partial charge in [-0.2, -0.15) is 0 Å². The normalized spacial score (nSPS) is 28.3. The molecule has 242 valence electrons. The number of pyridine rings is 1. The lowest BCUT2D eigenvalue weighted by Gasteiger charge is -2.29. The van der Waals surface area contributed by atoms with Crippen LogP contribution in [0.25, 0.3) is 10.8 Å². The molecule has 1 aromatic heterocycles. The number of rotatable bonds is 6. The highest BCUT2D eigenvalue weighted by molar-refractivity contribution is 5.95. The van der Waals surface area contributed by atoms with Crippen LogP contribution in [-0.4, -0.2) is 70.0 Å². The molecule has 10 nitrogen and oxygen atoms in total. The first-order valence-corrected chi connectivity index (χ1v) is 15.9. The van der Waals surface area contributed by atoms with Crippen molar-refractivity contribution in [2.24, 2.45) is 17.3 Å². The fourth-order valence-corrected chi connectivity index (χ4v) is 6.70. The van der Waals surface area contributed by atoms with Crippen LogP contribution >= 0.6 is 0 Å². The van der Waals surface area contributed by atoms with Gasteiger partial charge in [-0.15, -0.1) is 0 Å². The van der Waals surface area contributed by atoms with Crippen molar-refractivity contribution in [2.45, 2.75) is 96.3 Å². The summed E-state index contributed by atoms with van der Waals surface area (Å²) < 4.78 is 17.3. The Bertz CT molecular complexity index is 1480. The number of aliphatic carboxylic acids is 1. The van der Waals surface area contributed by atoms with E-state index in [1.807, 2.05) is 36.4 Å². The van der Waals surface area contributed by atoms with Crippen molar-refractivity contribution in [3.8, 4) is 11.6 Å². The minimum atomic E-state index is -1.16. The Hall–Kier alpha value is -3.95. The lowest BCUT2D eigenvalue weighted by Crippen LogP contribution is -2.45. The largest absolute Gasteiger partial charge is 0.497 e. The summed E-state index contributed by atoms with van der Waals surface area (Å²) in [4.78, 5) is 59.5. The molecule has 2 fully saturated rings. The molecule has 3 aliphatic rings. The third kappa shape index (κ3) is 7.48. The number of carboxylic acids is 1. The molecule has 2 aromatic rings.